The standard InChI is InChI=1S/C27H36N2O4/c1-6-27(31,23(2,3)4)18-14-24-9-10-26(18,32-5)22-25(24)11-12-29(15-28)19(24)13-16-7-8-17(30)21(33-22)20(16)25/h7-8,18-19,22,30-31H,6,9-14H2,1-5H3/t18-,19+,22+,24+,25-,26+,27-/m0/s1. The Morgan fingerprint density at radius 3 is 2.67 bits per heavy atom. The molecule has 33 heavy (non-hydrogen) atoms. The number of fused-ring (bicyclic) bond motifs is 2. The SMILES string of the molecule is CC[C@](O)([C@H]1C[C@@]23CC[C@]1(OC)[C@@H]1Oc4c(O)ccc5c4[C@@]12CCN(C#N)[C@@H]3C5)C(C)(C)C. The fraction of sp³-hybridized carbons (Fsp3) is 0.741. The number of nitriles is 1. The maximum absolute atomic E-state index is 12.3. The highest BCUT2D eigenvalue weighted by molar-refractivity contribution is 5.63. The maximum atomic E-state index is 12.3. The molecular formula is C27H36N2O4. The lowest BCUT2D eigenvalue weighted by Gasteiger charge is -2.75. The van der Waals surface area contributed by atoms with Crippen molar-refractivity contribution in [1.29, 1.82) is 5.26 Å². The van der Waals surface area contributed by atoms with Crippen LogP contribution in [0.2, 0.25) is 0 Å². The van der Waals surface area contributed by atoms with Crippen LogP contribution in [0.5, 0.6) is 11.5 Å². The second-order valence-corrected chi connectivity index (χ2v) is 12.3. The Labute approximate surface area is 196 Å². The molecule has 4 fully saturated rings. The van der Waals surface area contributed by atoms with E-state index in [2.05, 4.69) is 33.9 Å². The third-order valence-electron chi connectivity index (χ3n) is 10.9. The van der Waals surface area contributed by atoms with E-state index in [-0.39, 0.29) is 40.1 Å². The Hall–Kier alpha value is -1.97. The molecular weight excluding hydrogens is 416 g/mol. The fourth-order valence-electron chi connectivity index (χ4n) is 9.43. The van der Waals surface area contributed by atoms with Gasteiger partial charge in [0, 0.05) is 42.0 Å². The Morgan fingerprint density at radius 2 is 2.03 bits per heavy atom. The van der Waals surface area contributed by atoms with Crippen molar-refractivity contribution in [2.45, 2.75) is 95.0 Å². The summed E-state index contributed by atoms with van der Waals surface area (Å²) in [6.07, 6.45) is 6.98. The Kier molecular flexibility index (Phi) is 4.03. The third kappa shape index (κ3) is 2.06. The number of aromatic hydroxyl groups is 1. The predicted octanol–water partition coefficient (Wildman–Crippen LogP) is 3.87. The molecule has 1 aromatic carbocycles. The first-order valence-electron chi connectivity index (χ1n) is 12.5. The zero-order valence-corrected chi connectivity index (χ0v) is 20.4. The molecule has 2 heterocycles. The molecule has 2 aliphatic heterocycles. The van der Waals surface area contributed by atoms with Gasteiger partial charge in [0.25, 0.3) is 0 Å². The van der Waals surface area contributed by atoms with Gasteiger partial charge in [0.05, 0.1) is 5.60 Å². The van der Waals surface area contributed by atoms with Gasteiger partial charge in [0.1, 0.15) is 11.7 Å². The van der Waals surface area contributed by atoms with E-state index in [4.69, 9.17) is 9.47 Å². The van der Waals surface area contributed by atoms with Crippen LogP contribution in [0.1, 0.15) is 70.9 Å². The summed E-state index contributed by atoms with van der Waals surface area (Å²) in [6, 6.07) is 3.84. The average Bonchev–Trinajstić information content (AvgIpc) is 3.16. The molecule has 4 bridgehead atoms. The van der Waals surface area contributed by atoms with Crippen LogP contribution in [-0.4, -0.2) is 52.1 Å². The lowest BCUT2D eigenvalue weighted by molar-refractivity contribution is -0.313. The number of benzene rings is 1. The van der Waals surface area contributed by atoms with Crippen LogP contribution in [-0.2, 0) is 16.6 Å². The van der Waals surface area contributed by atoms with E-state index in [1.165, 1.54) is 5.56 Å². The number of piperidine rings is 1. The second-order valence-electron chi connectivity index (χ2n) is 12.3. The summed E-state index contributed by atoms with van der Waals surface area (Å²) in [6.45, 7) is 9.12. The molecule has 0 amide bonds. The molecule has 4 aliphatic carbocycles. The van der Waals surface area contributed by atoms with Gasteiger partial charge in [-0.25, -0.2) is 0 Å². The van der Waals surface area contributed by atoms with Crippen molar-refractivity contribution in [2.24, 2.45) is 16.7 Å². The second kappa shape index (κ2) is 6.17. The van der Waals surface area contributed by atoms with Gasteiger partial charge in [-0.3, -0.25) is 0 Å². The molecule has 7 rings (SSSR count). The number of ether oxygens (including phenoxy) is 2. The van der Waals surface area contributed by atoms with Gasteiger partial charge in [0.15, 0.2) is 17.7 Å². The molecule has 178 valence electrons. The van der Waals surface area contributed by atoms with Crippen molar-refractivity contribution in [3.63, 3.8) is 0 Å². The zero-order valence-electron chi connectivity index (χ0n) is 20.4. The first-order chi connectivity index (χ1) is 15.6. The maximum Gasteiger partial charge on any atom is 0.179 e. The fourth-order valence-corrected chi connectivity index (χ4v) is 9.43. The Bertz CT molecular complexity index is 1080. The topological polar surface area (TPSA) is 86.0 Å². The van der Waals surface area contributed by atoms with Gasteiger partial charge >= 0.3 is 0 Å². The van der Waals surface area contributed by atoms with Gasteiger partial charge in [0.2, 0.25) is 0 Å². The molecule has 6 heteroatoms. The number of rotatable bonds is 3. The molecule has 1 saturated heterocycles. The quantitative estimate of drug-likeness (QED) is 0.677. The van der Waals surface area contributed by atoms with E-state index < -0.39 is 11.2 Å². The first-order valence-corrected chi connectivity index (χ1v) is 12.5. The van der Waals surface area contributed by atoms with E-state index in [9.17, 15) is 15.5 Å². The third-order valence-corrected chi connectivity index (χ3v) is 10.9. The van der Waals surface area contributed by atoms with Gasteiger partial charge in [-0.15, -0.1) is 0 Å². The van der Waals surface area contributed by atoms with Crippen molar-refractivity contribution >= 4 is 0 Å². The molecule has 2 spiro atoms. The molecule has 0 radical (unpaired) electrons. The van der Waals surface area contributed by atoms with Crippen LogP contribution in [0.4, 0.5) is 0 Å². The number of phenols is 1. The summed E-state index contributed by atoms with van der Waals surface area (Å²) in [4.78, 5) is 2.00. The molecule has 0 aromatic heterocycles. The van der Waals surface area contributed by atoms with Crippen molar-refractivity contribution in [2.75, 3.05) is 13.7 Å². The van der Waals surface area contributed by atoms with Crippen LogP contribution >= 0.6 is 0 Å². The summed E-state index contributed by atoms with van der Waals surface area (Å²) in [5, 5.41) is 33.3. The van der Waals surface area contributed by atoms with E-state index in [0.717, 1.165) is 37.7 Å². The van der Waals surface area contributed by atoms with E-state index in [0.29, 0.717) is 18.7 Å². The minimum absolute atomic E-state index is 0.0732. The summed E-state index contributed by atoms with van der Waals surface area (Å²) in [5.41, 5.74) is -0.101. The Morgan fingerprint density at radius 1 is 1.27 bits per heavy atom. The number of methoxy groups -OCH3 is 1. The minimum atomic E-state index is -0.954. The van der Waals surface area contributed by atoms with Gasteiger partial charge in [-0.05, 0) is 55.6 Å². The number of hydrogen-bond acceptors (Lipinski definition) is 6. The van der Waals surface area contributed by atoms with Gasteiger partial charge in [-0.2, -0.15) is 5.26 Å². The highest BCUT2D eigenvalue weighted by Gasteiger charge is 2.82. The van der Waals surface area contributed by atoms with Crippen LogP contribution in [0.25, 0.3) is 0 Å². The van der Waals surface area contributed by atoms with E-state index >= 15 is 0 Å². The van der Waals surface area contributed by atoms with Crippen molar-refractivity contribution in [3.8, 4) is 17.7 Å². The largest absolute Gasteiger partial charge is 0.504 e. The summed E-state index contributed by atoms with van der Waals surface area (Å²) >= 11 is 0. The summed E-state index contributed by atoms with van der Waals surface area (Å²) in [7, 11) is 1.78. The molecule has 1 aromatic rings. The summed E-state index contributed by atoms with van der Waals surface area (Å²) in [5.74, 6) is 0.675. The van der Waals surface area contributed by atoms with Crippen LogP contribution in [0.3, 0.4) is 0 Å². The smallest absolute Gasteiger partial charge is 0.179 e. The number of nitrogens with zero attached hydrogens (tertiary/aromatic N) is 2. The number of phenolic OH excluding ortho intramolecular Hbond substituents is 1. The molecule has 7 atom stereocenters. The molecule has 6 aliphatic rings. The highest BCUT2D eigenvalue weighted by atomic mass is 16.6. The van der Waals surface area contributed by atoms with Gasteiger partial charge in [-0.1, -0.05) is 33.8 Å². The monoisotopic (exact) mass is 452 g/mol. The van der Waals surface area contributed by atoms with Crippen LogP contribution in [0.15, 0.2) is 12.1 Å². The van der Waals surface area contributed by atoms with E-state index in [1.54, 1.807) is 13.2 Å². The van der Waals surface area contributed by atoms with Crippen molar-refractivity contribution in [3.05, 3.63) is 23.3 Å². The molecule has 0 unspecified atom stereocenters. The molecule has 2 N–H and O–H groups in total. The lowest BCUT2D eigenvalue weighted by Crippen LogP contribution is -2.83. The normalized spacial score (nSPS) is 41.7. The average molecular weight is 453 g/mol. The lowest BCUT2D eigenvalue weighted by atomic mass is 9.33. The van der Waals surface area contributed by atoms with Crippen molar-refractivity contribution < 1.29 is 19.7 Å². The van der Waals surface area contributed by atoms with E-state index in [1.807, 2.05) is 11.0 Å². The highest BCUT2D eigenvalue weighted by Crippen LogP contribution is 2.78. The number of aliphatic hydroxyl groups is 1. The van der Waals surface area contributed by atoms with Crippen LogP contribution in [0, 0.1) is 28.2 Å². The summed E-state index contributed by atoms with van der Waals surface area (Å²) < 4.78 is 13.3. The first kappa shape index (κ1) is 21.6. The molecule has 3 saturated carbocycles. The van der Waals surface area contributed by atoms with Crippen LogP contribution < -0.4 is 4.74 Å². The molecule has 6 nitrogen and oxygen atoms in total. The zero-order chi connectivity index (χ0) is 23.6. The predicted molar refractivity (Wildman–Crippen MR) is 123 cm³/mol. The number of likely N-dealkylation sites (tertiary alicyclic amines) is 1. The minimum Gasteiger partial charge on any atom is -0.504 e. The number of hydrogen-bond donors (Lipinski definition) is 2. The Balaban J connectivity index is 1.66. The van der Waals surface area contributed by atoms with Crippen molar-refractivity contribution in [1.82, 2.24) is 4.90 Å². The van der Waals surface area contributed by atoms with Gasteiger partial charge < -0.3 is 24.6 Å².